The molecule has 1 fully saturated rings. The lowest BCUT2D eigenvalue weighted by molar-refractivity contribution is 0.0730. The Bertz CT molecular complexity index is 1460. The highest BCUT2D eigenvalue weighted by Crippen LogP contribution is 2.28. The Kier molecular flexibility index (Phi) is 7.06. The Morgan fingerprint density at radius 2 is 1.53 bits per heavy atom. The van der Waals surface area contributed by atoms with Gasteiger partial charge in [0.1, 0.15) is 17.6 Å². The third-order valence-electron chi connectivity index (χ3n) is 5.17. The zero-order valence-corrected chi connectivity index (χ0v) is 20.9. The van der Waals surface area contributed by atoms with Crippen LogP contribution in [0.25, 0.3) is 17.4 Å². The molecule has 1 saturated heterocycles. The Morgan fingerprint density at radius 1 is 0.912 bits per heavy atom. The average molecular weight is 563 g/mol. The predicted octanol–water partition coefficient (Wildman–Crippen LogP) is 4.07. The van der Waals surface area contributed by atoms with Gasteiger partial charge in [-0.25, -0.2) is 16.8 Å². The molecule has 1 aromatic heterocycles. The summed E-state index contributed by atoms with van der Waals surface area (Å²) in [6.45, 7) is 1.34. The van der Waals surface area contributed by atoms with E-state index in [1.807, 2.05) is 0 Å². The smallest absolute Gasteiger partial charge is 0.243 e. The van der Waals surface area contributed by atoms with Gasteiger partial charge >= 0.3 is 0 Å². The van der Waals surface area contributed by atoms with Gasteiger partial charge in [-0.15, -0.1) is 0 Å². The Labute approximate surface area is 206 Å². The normalized spacial score (nSPS) is 15.7. The summed E-state index contributed by atoms with van der Waals surface area (Å²) in [6, 6.07) is 17.1. The maximum absolute atomic E-state index is 12.8. The number of hydrogen-bond acceptors (Lipinski definition) is 7. The number of morpholine rings is 1. The Hall–Kier alpha value is -2.75. The molecule has 0 amide bonds. The van der Waals surface area contributed by atoms with Crippen LogP contribution in [-0.4, -0.2) is 47.4 Å². The lowest BCUT2D eigenvalue weighted by atomic mass is 10.2. The third-order valence-corrected chi connectivity index (χ3v) is 9.29. The molecule has 0 atom stereocenters. The van der Waals surface area contributed by atoms with Crippen LogP contribution >= 0.6 is 15.9 Å². The standard InChI is InChI=1S/C23H19BrN2O6S2/c24-18-3-8-20(9-4-18)33(27,28)22(16-25)15-19-5-10-23(32-19)17-1-6-21(7-2-17)34(29,30)26-11-13-31-14-12-26/h1-10,15H,11-14H2/b22-15+. The molecule has 0 unspecified atom stereocenters. The van der Waals surface area contributed by atoms with Gasteiger partial charge in [0, 0.05) is 29.2 Å². The molecule has 2 heterocycles. The van der Waals surface area contributed by atoms with Gasteiger partial charge < -0.3 is 9.15 Å². The zero-order chi connectivity index (χ0) is 24.3. The molecular formula is C23H19BrN2O6S2. The number of nitriles is 1. The number of rotatable bonds is 6. The van der Waals surface area contributed by atoms with Gasteiger partial charge in [-0.3, -0.25) is 0 Å². The number of furan rings is 1. The summed E-state index contributed by atoms with van der Waals surface area (Å²) in [6.07, 6.45) is 1.16. The van der Waals surface area contributed by atoms with Crippen LogP contribution < -0.4 is 0 Å². The van der Waals surface area contributed by atoms with Crippen molar-refractivity contribution >= 4 is 41.9 Å². The minimum atomic E-state index is -4.02. The molecule has 34 heavy (non-hydrogen) atoms. The number of sulfonamides is 1. The number of ether oxygens (including phenoxy) is 1. The fraction of sp³-hybridized carbons (Fsp3) is 0.174. The first-order chi connectivity index (χ1) is 16.2. The van der Waals surface area contributed by atoms with E-state index in [0.717, 1.165) is 6.08 Å². The van der Waals surface area contributed by atoms with E-state index >= 15 is 0 Å². The molecule has 0 aliphatic carbocycles. The largest absolute Gasteiger partial charge is 0.457 e. The van der Waals surface area contributed by atoms with Crippen molar-refractivity contribution in [1.82, 2.24) is 4.31 Å². The summed E-state index contributed by atoms with van der Waals surface area (Å²) in [7, 11) is -7.63. The molecule has 11 heteroatoms. The van der Waals surface area contributed by atoms with E-state index in [-0.39, 0.29) is 15.6 Å². The van der Waals surface area contributed by atoms with E-state index in [0.29, 0.717) is 42.1 Å². The molecule has 1 aliphatic heterocycles. The first-order valence-corrected chi connectivity index (χ1v) is 13.8. The molecule has 4 rings (SSSR count). The van der Waals surface area contributed by atoms with E-state index in [1.54, 1.807) is 42.5 Å². The van der Waals surface area contributed by atoms with Crippen LogP contribution in [0.4, 0.5) is 0 Å². The van der Waals surface area contributed by atoms with Crippen molar-refractivity contribution in [1.29, 1.82) is 5.26 Å². The number of nitrogens with zero attached hydrogens (tertiary/aromatic N) is 2. The van der Waals surface area contributed by atoms with E-state index in [4.69, 9.17) is 9.15 Å². The van der Waals surface area contributed by atoms with Gasteiger partial charge in [0.05, 0.1) is 23.0 Å². The van der Waals surface area contributed by atoms with Crippen molar-refractivity contribution in [2.24, 2.45) is 0 Å². The van der Waals surface area contributed by atoms with Crippen LogP contribution in [0.15, 0.2) is 84.2 Å². The Morgan fingerprint density at radius 3 is 2.15 bits per heavy atom. The summed E-state index contributed by atoms with van der Waals surface area (Å²) in [5, 5.41) is 9.46. The van der Waals surface area contributed by atoms with E-state index in [2.05, 4.69) is 15.9 Å². The van der Waals surface area contributed by atoms with Gasteiger partial charge in [-0.1, -0.05) is 15.9 Å². The highest BCUT2D eigenvalue weighted by atomic mass is 79.9. The lowest BCUT2D eigenvalue weighted by Gasteiger charge is -2.26. The molecule has 2 aromatic carbocycles. The quantitative estimate of drug-likeness (QED) is 0.415. The summed E-state index contributed by atoms with van der Waals surface area (Å²) in [4.78, 5) is -0.299. The van der Waals surface area contributed by atoms with Crippen LogP contribution in [0.3, 0.4) is 0 Å². The van der Waals surface area contributed by atoms with Crippen molar-refractivity contribution in [2.75, 3.05) is 26.3 Å². The first-order valence-electron chi connectivity index (χ1n) is 10.1. The molecule has 0 radical (unpaired) electrons. The fourth-order valence-electron chi connectivity index (χ4n) is 3.35. The van der Waals surface area contributed by atoms with Crippen molar-refractivity contribution < 1.29 is 26.0 Å². The molecule has 8 nitrogen and oxygen atoms in total. The molecule has 0 N–H and O–H groups in total. The monoisotopic (exact) mass is 562 g/mol. The molecule has 0 spiro atoms. The zero-order valence-electron chi connectivity index (χ0n) is 17.7. The number of halogens is 1. The number of sulfone groups is 1. The maximum atomic E-state index is 12.8. The van der Waals surface area contributed by atoms with Gasteiger partial charge in [-0.05, 0) is 60.7 Å². The highest BCUT2D eigenvalue weighted by Gasteiger charge is 2.26. The van der Waals surface area contributed by atoms with Crippen LogP contribution in [-0.2, 0) is 24.6 Å². The summed E-state index contributed by atoms with van der Waals surface area (Å²) in [5.74, 6) is 0.581. The SMILES string of the molecule is N#C/C(=C\c1ccc(-c2ccc(S(=O)(=O)N3CCOCC3)cc2)o1)S(=O)(=O)c1ccc(Br)cc1. The molecule has 3 aromatic rings. The number of benzene rings is 2. The van der Waals surface area contributed by atoms with Gasteiger partial charge in [-0.2, -0.15) is 9.57 Å². The van der Waals surface area contributed by atoms with Crippen molar-refractivity contribution in [3.63, 3.8) is 0 Å². The van der Waals surface area contributed by atoms with Crippen LogP contribution in [0.5, 0.6) is 0 Å². The Balaban J connectivity index is 1.57. The minimum absolute atomic E-state index is 0.00709. The number of hydrogen-bond donors (Lipinski definition) is 0. The average Bonchev–Trinajstić information content (AvgIpc) is 3.32. The van der Waals surface area contributed by atoms with Crippen molar-refractivity contribution in [2.45, 2.75) is 9.79 Å². The van der Waals surface area contributed by atoms with Crippen LogP contribution in [0.1, 0.15) is 5.76 Å². The minimum Gasteiger partial charge on any atom is -0.457 e. The second-order valence-corrected chi connectivity index (χ2v) is 12.1. The van der Waals surface area contributed by atoms with Gasteiger partial charge in [0.25, 0.3) is 0 Å². The highest BCUT2D eigenvalue weighted by molar-refractivity contribution is 9.10. The van der Waals surface area contributed by atoms with E-state index in [1.165, 1.54) is 28.6 Å². The second kappa shape index (κ2) is 9.85. The fourth-order valence-corrected chi connectivity index (χ4v) is 6.16. The number of allylic oxidation sites excluding steroid dienone is 1. The lowest BCUT2D eigenvalue weighted by Crippen LogP contribution is -2.40. The summed E-state index contributed by atoms with van der Waals surface area (Å²) < 4.78 is 64.2. The topological polar surface area (TPSA) is 118 Å². The molecule has 0 bridgehead atoms. The van der Waals surface area contributed by atoms with E-state index < -0.39 is 24.8 Å². The summed E-state index contributed by atoms with van der Waals surface area (Å²) in [5.41, 5.74) is 0.606. The van der Waals surface area contributed by atoms with E-state index in [9.17, 15) is 22.1 Å². The van der Waals surface area contributed by atoms with Crippen LogP contribution in [0.2, 0.25) is 0 Å². The van der Waals surface area contributed by atoms with Gasteiger partial charge in [0.2, 0.25) is 19.9 Å². The molecule has 0 saturated carbocycles. The van der Waals surface area contributed by atoms with Crippen molar-refractivity contribution in [3.05, 3.63) is 75.8 Å². The molecular weight excluding hydrogens is 544 g/mol. The second-order valence-electron chi connectivity index (χ2n) is 7.32. The first kappa shape index (κ1) is 24.4. The van der Waals surface area contributed by atoms with Gasteiger partial charge in [0.15, 0.2) is 4.91 Å². The predicted molar refractivity (Wildman–Crippen MR) is 129 cm³/mol. The molecule has 176 valence electrons. The van der Waals surface area contributed by atoms with Crippen LogP contribution in [0, 0.1) is 11.3 Å². The van der Waals surface area contributed by atoms with Crippen molar-refractivity contribution in [3.8, 4) is 17.4 Å². The summed E-state index contributed by atoms with van der Waals surface area (Å²) >= 11 is 3.25. The maximum Gasteiger partial charge on any atom is 0.243 e. The third kappa shape index (κ3) is 5.01. The molecule has 1 aliphatic rings.